The van der Waals surface area contributed by atoms with Crippen molar-refractivity contribution in [3.8, 4) is 11.3 Å². The number of H-pyrrole nitrogens is 1. The Hall–Kier alpha value is -4.06. The van der Waals surface area contributed by atoms with Gasteiger partial charge in [-0.3, -0.25) is 14.6 Å². The summed E-state index contributed by atoms with van der Waals surface area (Å²) in [5.74, 6) is 0.306. The van der Waals surface area contributed by atoms with Crippen LogP contribution in [-0.2, 0) is 12.8 Å². The van der Waals surface area contributed by atoms with Crippen molar-refractivity contribution < 1.29 is 9.59 Å². The van der Waals surface area contributed by atoms with Gasteiger partial charge in [-0.25, -0.2) is 4.98 Å². The number of amides is 1. The highest BCUT2D eigenvalue weighted by atomic mass is 16.2. The van der Waals surface area contributed by atoms with Gasteiger partial charge in [-0.2, -0.15) is 0 Å². The fraction of sp³-hybridized carbons (Fsp3) is 0.154. The molecule has 0 unspecified atom stereocenters. The van der Waals surface area contributed by atoms with Gasteiger partial charge >= 0.3 is 0 Å². The van der Waals surface area contributed by atoms with Crippen molar-refractivity contribution in [1.82, 2.24) is 15.0 Å². The SMILES string of the molecule is O=C(Nc1cc(-c2[nH]c3c(c2Cc2ccccc2)C(=O)CCC3)ccn1)c1ccccn1. The van der Waals surface area contributed by atoms with Crippen molar-refractivity contribution in [3.63, 3.8) is 0 Å². The smallest absolute Gasteiger partial charge is 0.275 e. The number of nitrogens with zero attached hydrogens (tertiary/aromatic N) is 2. The van der Waals surface area contributed by atoms with Crippen LogP contribution >= 0.6 is 0 Å². The number of carbonyl (C=O) groups is 2. The molecular weight excluding hydrogens is 400 g/mol. The summed E-state index contributed by atoms with van der Waals surface area (Å²) in [4.78, 5) is 37.2. The number of hydrogen-bond donors (Lipinski definition) is 2. The number of nitrogens with one attached hydrogen (secondary N) is 2. The number of benzene rings is 1. The lowest BCUT2D eigenvalue weighted by molar-refractivity contribution is 0.0970. The molecule has 6 heteroatoms. The Morgan fingerprint density at radius 2 is 1.81 bits per heavy atom. The molecule has 6 nitrogen and oxygen atoms in total. The minimum absolute atomic E-state index is 0.192. The summed E-state index contributed by atoms with van der Waals surface area (Å²) < 4.78 is 0. The molecule has 0 radical (unpaired) electrons. The first-order valence-electron chi connectivity index (χ1n) is 10.7. The lowest BCUT2D eigenvalue weighted by Crippen LogP contribution is -2.14. The number of ketones is 1. The molecule has 5 rings (SSSR count). The summed E-state index contributed by atoms with van der Waals surface area (Å²) in [5, 5.41) is 2.81. The Balaban J connectivity index is 1.52. The quantitative estimate of drug-likeness (QED) is 0.482. The number of aromatic amines is 1. The number of aromatic nitrogens is 3. The molecule has 0 fully saturated rings. The van der Waals surface area contributed by atoms with Crippen LogP contribution in [0, 0.1) is 0 Å². The number of pyridine rings is 2. The molecule has 2 N–H and O–H groups in total. The monoisotopic (exact) mass is 422 g/mol. The molecule has 158 valence electrons. The molecule has 3 heterocycles. The van der Waals surface area contributed by atoms with Crippen LogP contribution in [0.3, 0.4) is 0 Å². The molecular formula is C26H22N4O2. The third-order valence-electron chi connectivity index (χ3n) is 5.70. The van der Waals surface area contributed by atoms with Crippen LogP contribution in [0.5, 0.6) is 0 Å². The summed E-state index contributed by atoms with van der Waals surface area (Å²) in [6.45, 7) is 0. The van der Waals surface area contributed by atoms with E-state index in [4.69, 9.17) is 0 Å². The predicted octanol–water partition coefficient (Wildman–Crippen LogP) is 4.83. The van der Waals surface area contributed by atoms with E-state index in [1.807, 2.05) is 30.3 Å². The van der Waals surface area contributed by atoms with Gasteiger partial charge in [0.25, 0.3) is 5.91 Å². The summed E-state index contributed by atoms with van der Waals surface area (Å²) in [7, 11) is 0. The van der Waals surface area contributed by atoms with Gasteiger partial charge in [0.1, 0.15) is 11.5 Å². The Labute approximate surface area is 185 Å². The molecule has 1 aromatic carbocycles. The maximum absolute atomic E-state index is 12.8. The second-order valence-electron chi connectivity index (χ2n) is 7.87. The summed E-state index contributed by atoms with van der Waals surface area (Å²) in [5.41, 5.74) is 6.08. The molecule has 0 saturated carbocycles. The number of aryl methyl sites for hydroxylation is 1. The molecule has 0 atom stereocenters. The van der Waals surface area contributed by atoms with E-state index < -0.39 is 0 Å². The lowest BCUT2D eigenvalue weighted by Gasteiger charge is -2.12. The summed E-state index contributed by atoms with van der Waals surface area (Å²) >= 11 is 0. The average molecular weight is 422 g/mol. The first kappa shape index (κ1) is 19.9. The van der Waals surface area contributed by atoms with Crippen molar-refractivity contribution in [1.29, 1.82) is 0 Å². The van der Waals surface area contributed by atoms with E-state index in [1.54, 1.807) is 30.6 Å². The Bertz CT molecular complexity index is 1280. The lowest BCUT2D eigenvalue weighted by atomic mass is 9.90. The number of rotatable bonds is 5. The van der Waals surface area contributed by atoms with Crippen molar-refractivity contribution in [3.05, 3.63) is 101 Å². The largest absolute Gasteiger partial charge is 0.358 e. The number of carbonyl (C=O) groups excluding carboxylic acids is 2. The first-order chi connectivity index (χ1) is 15.7. The normalized spacial score (nSPS) is 12.9. The highest BCUT2D eigenvalue weighted by Crippen LogP contribution is 2.35. The van der Waals surface area contributed by atoms with Crippen molar-refractivity contribution in [2.24, 2.45) is 0 Å². The van der Waals surface area contributed by atoms with Crippen LogP contribution in [-0.4, -0.2) is 26.6 Å². The minimum Gasteiger partial charge on any atom is -0.358 e. The number of Topliss-reactive ketones (excluding diaryl/α,β-unsaturated/α-hetero) is 1. The van der Waals surface area contributed by atoms with E-state index in [9.17, 15) is 9.59 Å². The maximum Gasteiger partial charge on any atom is 0.275 e. The van der Waals surface area contributed by atoms with E-state index in [0.717, 1.165) is 46.5 Å². The molecule has 1 amide bonds. The van der Waals surface area contributed by atoms with Gasteiger partial charge in [-0.05, 0) is 48.2 Å². The molecule has 32 heavy (non-hydrogen) atoms. The van der Waals surface area contributed by atoms with Crippen LogP contribution < -0.4 is 5.32 Å². The number of hydrogen-bond acceptors (Lipinski definition) is 4. The van der Waals surface area contributed by atoms with Gasteiger partial charge in [-0.1, -0.05) is 36.4 Å². The standard InChI is InChI=1S/C26H22N4O2/c31-22-11-6-10-20-24(22)19(15-17-7-2-1-3-8-17)25(29-20)18-12-14-28-23(16-18)30-26(32)21-9-4-5-13-27-21/h1-5,7-9,12-14,16,29H,6,10-11,15H2,(H,28,30,32). The second-order valence-corrected chi connectivity index (χ2v) is 7.87. The van der Waals surface area contributed by atoms with Gasteiger partial charge in [0.2, 0.25) is 0 Å². The highest BCUT2D eigenvalue weighted by Gasteiger charge is 2.26. The van der Waals surface area contributed by atoms with Crippen LogP contribution in [0.4, 0.5) is 5.82 Å². The molecule has 3 aromatic heterocycles. The van der Waals surface area contributed by atoms with Crippen molar-refractivity contribution in [2.75, 3.05) is 5.32 Å². The van der Waals surface area contributed by atoms with Crippen molar-refractivity contribution >= 4 is 17.5 Å². The topological polar surface area (TPSA) is 87.7 Å². The van der Waals surface area contributed by atoms with Gasteiger partial charge in [-0.15, -0.1) is 0 Å². The molecule has 4 aromatic rings. The zero-order chi connectivity index (χ0) is 21.9. The Morgan fingerprint density at radius 3 is 2.62 bits per heavy atom. The first-order valence-corrected chi connectivity index (χ1v) is 10.7. The highest BCUT2D eigenvalue weighted by molar-refractivity contribution is 6.03. The molecule has 1 aliphatic carbocycles. The Morgan fingerprint density at radius 1 is 0.969 bits per heavy atom. The zero-order valence-corrected chi connectivity index (χ0v) is 17.5. The van der Waals surface area contributed by atoms with E-state index in [-0.39, 0.29) is 11.7 Å². The maximum atomic E-state index is 12.8. The fourth-order valence-corrected chi connectivity index (χ4v) is 4.23. The minimum atomic E-state index is -0.319. The van der Waals surface area contributed by atoms with E-state index in [0.29, 0.717) is 24.4 Å². The van der Waals surface area contributed by atoms with Crippen LogP contribution in [0.2, 0.25) is 0 Å². The summed E-state index contributed by atoms with van der Waals surface area (Å²) in [6, 6.07) is 19.1. The average Bonchev–Trinajstić information content (AvgIpc) is 3.20. The zero-order valence-electron chi connectivity index (χ0n) is 17.5. The van der Waals surface area contributed by atoms with E-state index >= 15 is 0 Å². The predicted molar refractivity (Wildman–Crippen MR) is 123 cm³/mol. The third kappa shape index (κ3) is 3.95. The Kier molecular flexibility index (Phi) is 5.34. The number of fused-ring (bicyclic) bond motifs is 1. The van der Waals surface area contributed by atoms with E-state index in [2.05, 4.69) is 32.4 Å². The van der Waals surface area contributed by atoms with Gasteiger partial charge in [0.05, 0.1) is 5.69 Å². The number of anilines is 1. The van der Waals surface area contributed by atoms with Crippen LogP contribution in [0.15, 0.2) is 73.1 Å². The van der Waals surface area contributed by atoms with Gasteiger partial charge in [0.15, 0.2) is 5.78 Å². The van der Waals surface area contributed by atoms with Crippen LogP contribution in [0.25, 0.3) is 11.3 Å². The molecule has 0 spiro atoms. The molecule has 0 aliphatic heterocycles. The molecule has 1 aliphatic rings. The van der Waals surface area contributed by atoms with E-state index in [1.165, 1.54) is 0 Å². The van der Waals surface area contributed by atoms with Crippen molar-refractivity contribution in [2.45, 2.75) is 25.7 Å². The van der Waals surface area contributed by atoms with Crippen LogP contribution in [0.1, 0.15) is 50.5 Å². The third-order valence-corrected chi connectivity index (χ3v) is 5.70. The second kappa shape index (κ2) is 8.59. The molecule has 0 bridgehead atoms. The fourth-order valence-electron chi connectivity index (χ4n) is 4.23. The van der Waals surface area contributed by atoms with Gasteiger partial charge in [0, 0.05) is 42.1 Å². The van der Waals surface area contributed by atoms with Gasteiger partial charge < -0.3 is 10.3 Å². The molecule has 0 saturated heterocycles. The summed E-state index contributed by atoms with van der Waals surface area (Å²) in [6.07, 6.45) is 6.20.